The first-order valence-electron chi connectivity index (χ1n) is 10.9. The maximum absolute atomic E-state index is 4.52. The highest BCUT2D eigenvalue weighted by molar-refractivity contribution is 5.89. The molecule has 6 rings (SSSR count). The fourth-order valence-electron chi connectivity index (χ4n) is 5.34. The molecule has 5 aromatic rings. The van der Waals surface area contributed by atoms with Crippen molar-refractivity contribution in [3.63, 3.8) is 0 Å². The van der Waals surface area contributed by atoms with Crippen LogP contribution in [-0.4, -0.2) is 9.97 Å². The fourth-order valence-corrected chi connectivity index (χ4v) is 5.34. The van der Waals surface area contributed by atoms with Crippen LogP contribution < -0.4 is 0 Å². The average molecular weight is 411 g/mol. The molecule has 0 atom stereocenters. The molecule has 0 saturated heterocycles. The Bertz CT molecular complexity index is 1370. The number of fused-ring (bicyclic) bond motifs is 3. The zero-order valence-electron chi connectivity index (χ0n) is 17.9. The summed E-state index contributed by atoms with van der Waals surface area (Å²) in [7, 11) is 0. The number of rotatable bonds is 3. The highest BCUT2D eigenvalue weighted by atomic mass is 14.8. The van der Waals surface area contributed by atoms with Gasteiger partial charge < -0.3 is 0 Å². The minimum absolute atomic E-state index is 0.387. The van der Waals surface area contributed by atoms with Crippen LogP contribution >= 0.6 is 0 Å². The molecule has 0 radical (unpaired) electrons. The first-order valence-corrected chi connectivity index (χ1v) is 10.9. The number of benzene rings is 4. The van der Waals surface area contributed by atoms with E-state index in [1.165, 1.54) is 38.9 Å². The van der Waals surface area contributed by atoms with Gasteiger partial charge >= 0.3 is 0 Å². The fraction of sp³-hybridized carbons (Fsp3) is 0.0667. The summed E-state index contributed by atoms with van der Waals surface area (Å²) in [6.45, 7) is 2.22. The van der Waals surface area contributed by atoms with Crippen molar-refractivity contribution in [2.75, 3.05) is 0 Å². The van der Waals surface area contributed by atoms with Gasteiger partial charge in [0.05, 0.1) is 11.1 Å². The summed E-state index contributed by atoms with van der Waals surface area (Å²) >= 11 is 0. The highest BCUT2D eigenvalue weighted by Gasteiger charge is 2.46. The predicted octanol–water partition coefficient (Wildman–Crippen LogP) is 6.82. The molecule has 4 aromatic carbocycles. The summed E-state index contributed by atoms with van der Waals surface area (Å²) in [6.07, 6.45) is 3.42. The van der Waals surface area contributed by atoms with Gasteiger partial charge in [-0.25, -0.2) is 9.97 Å². The number of hydrogen-bond acceptors (Lipinski definition) is 2. The predicted molar refractivity (Wildman–Crippen MR) is 130 cm³/mol. The molecule has 0 bridgehead atoms. The van der Waals surface area contributed by atoms with Crippen LogP contribution in [0.15, 0.2) is 116 Å². The van der Waals surface area contributed by atoms with E-state index in [0.717, 1.165) is 11.3 Å². The van der Waals surface area contributed by atoms with E-state index in [1.807, 2.05) is 6.07 Å². The molecule has 0 unspecified atom stereocenters. The van der Waals surface area contributed by atoms with Crippen molar-refractivity contribution in [3.8, 4) is 22.4 Å². The second-order valence-corrected chi connectivity index (χ2v) is 8.33. The lowest BCUT2D eigenvalue weighted by molar-refractivity contribution is 0.768. The molecule has 2 nitrogen and oxygen atoms in total. The van der Waals surface area contributed by atoms with E-state index >= 15 is 0 Å². The smallest absolute Gasteiger partial charge is 0.116 e. The molecule has 2 heteroatoms. The molecule has 152 valence electrons. The standard InChI is InChI=1S/C30H22N2/c1-21-9-8-14-26-29(21)25-16-15-22(28-17-18-31-20-32-28)19-27(25)30(26,23-10-4-2-5-11-23)24-12-6-3-7-13-24/h2-20H,1H3. The lowest BCUT2D eigenvalue weighted by Gasteiger charge is -2.34. The summed E-state index contributed by atoms with van der Waals surface area (Å²) in [5.41, 5.74) is 10.8. The number of nitrogens with zero attached hydrogens (tertiary/aromatic N) is 2. The summed E-state index contributed by atoms with van der Waals surface area (Å²) < 4.78 is 0. The van der Waals surface area contributed by atoms with Gasteiger partial charge in [-0.3, -0.25) is 0 Å². The minimum Gasteiger partial charge on any atom is -0.245 e. The Morgan fingerprint density at radius 2 is 1.38 bits per heavy atom. The van der Waals surface area contributed by atoms with E-state index in [2.05, 4.69) is 114 Å². The van der Waals surface area contributed by atoms with Crippen molar-refractivity contribution in [1.82, 2.24) is 9.97 Å². The van der Waals surface area contributed by atoms with Gasteiger partial charge in [0.1, 0.15) is 6.33 Å². The van der Waals surface area contributed by atoms with Crippen molar-refractivity contribution in [2.24, 2.45) is 0 Å². The third-order valence-electron chi connectivity index (χ3n) is 6.66. The maximum Gasteiger partial charge on any atom is 0.116 e. The van der Waals surface area contributed by atoms with Crippen LogP contribution in [0.3, 0.4) is 0 Å². The molecule has 1 aliphatic carbocycles. The van der Waals surface area contributed by atoms with Gasteiger partial charge in [-0.2, -0.15) is 0 Å². The molecule has 0 fully saturated rings. The molecule has 0 aliphatic heterocycles. The van der Waals surface area contributed by atoms with Crippen molar-refractivity contribution in [2.45, 2.75) is 12.3 Å². The molecule has 0 amide bonds. The SMILES string of the molecule is Cc1cccc2c1-c1ccc(-c3ccncn3)cc1C2(c1ccccc1)c1ccccc1. The molecule has 0 saturated carbocycles. The zero-order valence-corrected chi connectivity index (χ0v) is 17.9. The Labute approximate surface area is 188 Å². The lowest BCUT2D eigenvalue weighted by Crippen LogP contribution is -2.28. The van der Waals surface area contributed by atoms with Gasteiger partial charge in [0.15, 0.2) is 0 Å². The van der Waals surface area contributed by atoms with E-state index in [4.69, 9.17) is 0 Å². The normalized spacial score (nSPS) is 13.4. The van der Waals surface area contributed by atoms with Crippen molar-refractivity contribution in [3.05, 3.63) is 143 Å². The molecule has 0 N–H and O–H groups in total. The number of aromatic nitrogens is 2. The molecule has 1 heterocycles. The molecule has 0 spiro atoms. The largest absolute Gasteiger partial charge is 0.245 e. The first kappa shape index (κ1) is 18.7. The average Bonchev–Trinajstić information content (AvgIpc) is 3.17. The molecule has 32 heavy (non-hydrogen) atoms. The molecular formula is C30H22N2. The molecule has 1 aliphatic rings. The van der Waals surface area contributed by atoms with Crippen LogP contribution in [0, 0.1) is 6.92 Å². The van der Waals surface area contributed by atoms with Crippen molar-refractivity contribution in [1.29, 1.82) is 0 Å². The van der Waals surface area contributed by atoms with E-state index in [9.17, 15) is 0 Å². The van der Waals surface area contributed by atoms with Crippen LogP contribution in [0.4, 0.5) is 0 Å². The number of hydrogen-bond donors (Lipinski definition) is 0. The summed E-state index contributed by atoms with van der Waals surface area (Å²) in [5, 5.41) is 0. The van der Waals surface area contributed by atoms with Gasteiger partial charge in [0, 0.05) is 11.8 Å². The van der Waals surface area contributed by atoms with Gasteiger partial charge in [-0.15, -0.1) is 0 Å². The van der Waals surface area contributed by atoms with Crippen LogP contribution in [0.2, 0.25) is 0 Å². The van der Waals surface area contributed by atoms with Gasteiger partial charge in [0.25, 0.3) is 0 Å². The van der Waals surface area contributed by atoms with E-state index < -0.39 is 0 Å². The Morgan fingerprint density at radius 3 is 2.03 bits per heavy atom. The molecule has 1 aromatic heterocycles. The topological polar surface area (TPSA) is 25.8 Å². The zero-order chi connectivity index (χ0) is 21.5. The number of aryl methyl sites for hydroxylation is 1. The summed E-state index contributed by atoms with van der Waals surface area (Å²) in [4.78, 5) is 8.62. The van der Waals surface area contributed by atoms with Gasteiger partial charge in [-0.1, -0.05) is 91.0 Å². The third-order valence-corrected chi connectivity index (χ3v) is 6.66. The van der Waals surface area contributed by atoms with Crippen molar-refractivity contribution < 1.29 is 0 Å². The third kappa shape index (κ3) is 2.59. The Morgan fingerprint density at radius 1 is 0.656 bits per heavy atom. The summed E-state index contributed by atoms with van der Waals surface area (Å²) in [5.74, 6) is 0. The van der Waals surface area contributed by atoms with E-state index in [1.54, 1.807) is 12.5 Å². The van der Waals surface area contributed by atoms with Crippen LogP contribution in [0.25, 0.3) is 22.4 Å². The Balaban J connectivity index is 1.77. The van der Waals surface area contributed by atoms with Gasteiger partial charge in [-0.05, 0) is 58.0 Å². The van der Waals surface area contributed by atoms with E-state index in [-0.39, 0.29) is 5.41 Å². The Hall–Kier alpha value is -4.04. The Kier molecular flexibility index (Phi) is 4.26. The lowest BCUT2D eigenvalue weighted by atomic mass is 9.67. The quantitative estimate of drug-likeness (QED) is 0.320. The summed E-state index contributed by atoms with van der Waals surface area (Å²) in [6, 6.07) is 37.2. The van der Waals surface area contributed by atoms with Crippen LogP contribution in [0.5, 0.6) is 0 Å². The maximum atomic E-state index is 4.52. The monoisotopic (exact) mass is 410 g/mol. The second kappa shape index (κ2) is 7.28. The highest BCUT2D eigenvalue weighted by Crippen LogP contribution is 2.57. The van der Waals surface area contributed by atoms with Gasteiger partial charge in [0.2, 0.25) is 0 Å². The minimum atomic E-state index is -0.387. The van der Waals surface area contributed by atoms with Crippen LogP contribution in [0.1, 0.15) is 27.8 Å². The van der Waals surface area contributed by atoms with E-state index in [0.29, 0.717) is 0 Å². The first-order chi connectivity index (χ1) is 15.8. The molecular weight excluding hydrogens is 388 g/mol. The van der Waals surface area contributed by atoms with Crippen molar-refractivity contribution >= 4 is 0 Å². The second-order valence-electron chi connectivity index (χ2n) is 8.33. The van der Waals surface area contributed by atoms with Crippen LogP contribution in [-0.2, 0) is 5.41 Å².